The molecule has 0 spiro atoms. The second-order valence-electron chi connectivity index (χ2n) is 5.64. The summed E-state index contributed by atoms with van der Waals surface area (Å²) in [6.45, 7) is -0.536. The summed E-state index contributed by atoms with van der Waals surface area (Å²) in [5.41, 5.74) is -0.244. The minimum absolute atomic E-state index is 0.0393. The topological polar surface area (TPSA) is 80.2 Å². The van der Waals surface area contributed by atoms with E-state index in [9.17, 15) is 18.8 Å². The van der Waals surface area contributed by atoms with Crippen molar-refractivity contribution in [2.24, 2.45) is 0 Å². The molecule has 0 aliphatic heterocycles. The molecule has 0 saturated heterocycles. The number of pyridine rings is 1. The van der Waals surface area contributed by atoms with Gasteiger partial charge in [0.1, 0.15) is 12.4 Å². The molecule has 0 bridgehead atoms. The zero-order valence-electron chi connectivity index (χ0n) is 13.7. The number of hydrogen-bond acceptors (Lipinski definition) is 3. The van der Waals surface area contributed by atoms with Crippen LogP contribution in [0.1, 0.15) is 0 Å². The van der Waals surface area contributed by atoms with Crippen molar-refractivity contribution in [2.45, 2.75) is 6.54 Å². The zero-order chi connectivity index (χ0) is 18.5. The van der Waals surface area contributed by atoms with Gasteiger partial charge in [0, 0.05) is 11.6 Å². The number of rotatable bonds is 5. The van der Waals surface area contributed by atoms with Gasteiger partial charge in [-0.3, -0.25) is 14.4 Å². The van der Waals surface area contributed by atoms with Crippen molar-refractivity contribution in [1.29, 1.82) is 0 Å². The van der Waals surface area contributed by atoms with Crippen LogP contribution in [0.5, 0.6) is 0 Å². The first-order valence-corrected chi connectivity index (χ1v) is 7.94. The molecule has 0 unspecified atom stereocenters. The van der Waals surface area contributed by atoms with Crippen molar-refractivity contribution in [3.05, 3.63) is 77.0 Å². The molecular formula is C19H16FN3O3. The van der Waals surface area contributed by atoms with Crippen molar-refractivity contribution in [1.82, 2.24) is 9.88 Å². The molecule has 2 aromatic carbocycles. The van der Waals surface area contributed by atoms with E-state index in [4.69, 9.17) is 0 Å². The van der Waals surface area contributed by atoms with Gasteiger partial charge >= 0.3 is 0 Å². The van der Waals surface area contributed by atoms with Crippen molar-refractivity contribution >= 4 is 28.3 Å². The quantitative estimate of drug-likeness (QED) is 0.735. The molecule has 7 heteroatoms. The number of carbonyl (C=O) groups is 2. The standard InChI is InChI=1S/C19H16FN3O3/c20-15-7-3-4-8-16(15)22-17(24)11-21-18(25)12-23-10-9-13-5-1-2-6-14(13)19(23)26/h1-10H,11-12H2,(H,21,25)(H,22,24). The number of aromatic nitrogens is 1. The molecule has 0 aliphatic carbocycles. The van der Waals surface area contributed by atoms with E-state index in [-0.39, 0.29) is 24.3 Å². The van der Waals surface area contributed by atoms with Crippen LogP contribution >= 0.6 is 0 Å². The highest BCUT2D eigenvalue weighted by Crippen LogP contribution is 2.11. The van der Waals surface area contributed by atoms with Crippen LogP contribution in [0, 0.1) is 5.82 Å². The number of anilines is 1. The van der Waals surface area contributed by atoms with E-state index in [2.05, 4.69) is 10.6 Å². The van der Waals surface area contributed by atoms with Crippen LogP contribution in [0.3, 0.4) is 0 Å². The van der Waals surface area contributed by atoms with Crippen LogP contribution in [0.15, 0.2) is 65.6 Å². The van der Waals surface area contributed by atoms with Crippen LogP contribution in [0.4, 0.5) is 10.1 Å². The summed E-state index contributed by atoms with van der Waals surface area (Å²) in [6.07, 6.45) is 1.53. The third-order valence-corrected chi connectivity index (χ3v) is 3.79. The van der Waals surface area contributed by atoms with E-state index in [0.29, 0.717) is 5.39 Å². The maximum atomic E-state index is 13.5. The van der Waals surface area contributed by atoms with E-state index >= 15 is 0 Å². The molecular weight excluding hydrogens is 337 g/mol. The number of nitrogens with zero attached hydrogens (tertiary/aromatic N) is 1. The second-order valence-corrected chi connectivity index (χ2v) is 5.64. The van der Waals surface area contributed by atoms with Crippen LogP contribution in [-0.4, -0.2) is 22.9 Å². The third-order valence-electron chi connectivity index (χ3n) is 3.79. The number of amides is 2. The van der Waals surface area contributed by atoms with E-state index in [1.54, 1.807) is 24.3 Å². The number of carbonyl (C=O) groups excluding carboxylic acids is 2. The molecule has 6 nitrogen and oxygen atoms in total. The molecule has 26 heavy (non-hydrogen) atoms. The summed E-state index contributed by atoms with van der Waals surface area (Å²) in [4.78, 5) is 36.1. The van der Waals surface area contributed by atoms with Gasteiger partial charge in [-0.1, -0.05) is 30.3 Å². The Morgan fingerprint density at radius 2 is 1.69 bits per heavy atom. The van der Waals surface area contributed by atoms with Gasteiger partial charge in [-0.05, 0) is 29.7 Å². The normalized spacial score (nSPS) is 10.5. The number of halogens is 1. The average Bonchev–Trinajstić information content (AvgIpc) is 2.64. The number of hydrogen-bond donors (Lipinski definition) is 2. The maximum Gasteiger partial charge on any atom is 0.258 e. The summed E-state index contributed by atoms with van der Waals surface area (Å²) in [6, 6.07) is 14.6. The van der Waals surface area contributed by atoms with E-state index in [1.807, 2.05) is 12.1 Å². The van der Waals surface area contributed by atoms with Crippen molar-refractivity contribution in [3.8, 4) is 0 Å². The maximum absolute atomic E-state index is 13.5. The molecule has 1 aromatic heterocycles. The lowest BCUT2D eigenvalue weighted by Gasteiger charge is -2.09. The Hall–Kier alpha value is -3.48. The van der Waals surface area contributed by atoms with Crippen LogP contribution in [-0.2, 0) is 16.1 Å². The summed E-state index contributed by atoms with van der Waals surface area (Å²) < 4.78 is 14.7. The fraction of sp³-hybridized carbons (Fsp3) is 0.105. The second kappa shape index (κ2) is 7.60. The van der Waals surface area contributed by atoms with Crippen molar-refractivity contribution in [2.75, 3.05) is 11.9 Å². The summed E-state index contributed by atoms with van der Waals surface area (Å²) in [7, 11) is 0. The van der Waals surface area contributed by atoms with Gasteiger partial charge in [-0.25, -0.2) is 4.39 Å². The van der Waals surface area contributed by atoms with Crippen molar-refractivity contribution < 1.29 is 14.0 Å². The minimum atomic E-state index is -0.561. The predicted octanol–water partition coefficient (Wildman–Crippen LogP) is 1.90. The molecule has 2 amide bonds. The summed E-state index contributed by atoms with van der Waals surface area (Å²) in [5, 5.41) is 6.08. The van der Waals surface area contributed by atoms with Gasteiger partial charge in [-0.2, -0.15) is 0 Å². The molecule has 0 radical (unpaired) electrons. The third kappa shape index (κ3) is 3.94. The number of para-hydroxylation sites is 1. The Morgan fingerprint density at radius 1 is 0.962 bits per heavy atom. The molecule has 2 N–H and O–H groups in total. The molecule has 0 fully saturated rings. The molecule has 0 atom stereocenters. The highest BCUT2D eigenvalue weighted by atomic mass is 19.1. The average molecular weight is 353 g/mol. The molecule has 3 aromatic rings. The molecule has 1 heterocycles. The van der Waals surface area contributed by atoms with Gasteiger partial charge in [0.2, 0.25) is 11.8 Å². The monoisotopic (exact) mass is 353 g/mol. The van der Waals surface area contributed by atoms with Gasteiger partial charge in [-0.15, -0.1) is 0 Å². The van der Waals surface area contributed by atoms with Crippen LogP contribution < -0.4 is 16.2 Å². The van der Waals surface area contributed by atoms with Crippen LogP contribution in [0.2, 0.25) is 0 Å². The van der Waals surface area contributed by atoms with E-state index in [1.165, 1.54) is 29.0 Å². The number of fused-ring (bicyclic) bond motifs is 1. The van der Waals surface area contributed by atoms with Gasteiger partial charge < -0.3 is 15.2 Å². The smallest absolute Gasteiger partial charge is 0.258 e. The van der Waals surface area contributed by atoms with Crippen LogP contribution in [0.25, 0.3) is 10.8 Å². The lowest BCUT2D eigenvalue weighted by molar-refractivity contribution is -0.124. The Kier molecular flexibility index (Phi) is 5.07. The Bertz CT molecular complexity index is 1030. The number of nitrogens with one attached hydrogen (secondary N) is 2. The highest BCUT2D eigenvalue weighted by molar-refractivity contribution is 5.94. The predicted molar refractivity (Wildman–Crippen MR) is 96.2 cm³/mol. The van der Waals surface area contributed by atoms with Gasteiger partial charge in [0.15, 0.2) is 0 Å². The van der Waals surface area contributed by atoms with Crippen molar-refractivity contribution in [3.63, 3.8) is 0 Å². The first-order valence-electron chi connectivity index (χ1n) is 7.94. The Balaban J connectivity index is 1.59. The minimum Gasteiger partial charge on any atom is -0.345 e. The largest absolute Gasteiger partial charge is 0.345 e. The first-order chi connectivity index (χ1) is 12.5. The SMILES string of the molecule is O=C(Cn1ccc2ccccc2c1=O)NCC(=O)Nc1ccccc1F. The first kappa shape index (κ1) is 17.3. The summed E-state index contributed by atoms with van der Waals surface area (Å²) in [5.74, 6) is -1.62. The lowest BCUT2D eigenvalue weighted by Crippen LogP contribution is -2.37. The summed E-state index contributed by atoms with van der Waals surface area (Å²) >= 11 is 0. The fourth-order valence-corrected chi connectivity index (χ4v) is 2.50. The molecule has 132 valence electrons. The Labute approximate surface area is 148 Å². The van der Waals surface area contributed by atoms with Gasteiger partial charge in [0.25, 0.3) is 5.56 Å². The highest BCUT2D eigenvalue weighted by Gasteiger charge is 2.10. The molecule has 0 saturated carbocycles. The number of benzene rings is 2. The van der Waals surface area contributed by atoms with Gasteiger partial charge in [0.05, 0.1) is 12.2 Å². The lowest BCUT2D eigenvalue weighted by atomic mass is 10.2. The van der Waals surface area contributed by atoms with E-state index in [0.717, 1.165) is 5.39 Å². The zero-order valence-corrected chi connectivity index (χ0v) is 13.7. The molecule has 3 rings (SSSR count). The molecule has 0 aliphatic rings. The Morgan fingerprint density at radius 3 is 2.50 bits per heavy atom. The fourth-order valence-electron chi connectivity index (χ4n) is 2.50. The van der Waals surface area contributed by atoms with E-state index < -0.39 is 17.6 Å².